The average molecular weight is 1460 g/mol. The first-order valence-corrected chi connectivity index (χ1v) is 39.5. The topological polar surface area (TPSA) is 243 Å². The third-order valence-corrected chi connectivity index (χ3v) is 32.2. The number of carbonyl (C=O) groups is 3. The van der Waals surface area contributed by atoms with Crippen molar-refractivity contribution in [3.8, 4) is 0 Å². The van der Waals surface area contributed by atoms with Gasteiger partial charge in [-0.25, -0.2) is 9.36 Å². The fourth-order valence-corrected chi connectivity index (χ4v) is 27.0. The lowest BCUT2D eigenvalue weighted by molar-refractivity contribution is -0.164. The van der Waals surface area contributed by atoms with Crippen molar-refractivity contribution in [3.63, 3.8) is 0 Å². The van der Waals surface area contributed by atoms with Crippen LogP contribution in [0.5, 0.6) is 0 Å². The van der Waals surface area contributed by atoms with Crippen LogP contribution in [0.15, 0.2) is 18.6 Å². The molecule has 0 aromatic carbocycles. The van der Waals surface area contributed by atoms with Crippen molar-refractivity contribution in [1.82, 2.24) is 45.4 Å². The van der Waals surface area contributed by atoms with Crippen molar-refractivity contribution in [2.24, 2.45) is 121 Å². The van der Waals surface area contributed by atoms with Crippen LogP contribution >= 0.6 is 15.9 Å². The van der Waals surface area contributed by atoms with Crippen LogP contribution in [0.1, 0.15) is 254 Å². The smallest absolute Gasteiger partial charge is 0.157 e. The summed E-state index contributed by atoms with van der Waals surface area (Å²) in [7, 11) is 5.11. The zero-order valence-corrected chi connectivity index (χ0v) is 63.1. The van der Waals surface area contributed by atoms with Gasteiger partial charge in [0.25, 0.3) is 0 Å². The first-order valence-electron chi connectivity index (χ1n) is 38.4. The molecule has 0 bridgehead atoms. The molecular weight excluding hydrogens is 1320 g/mol. The molecule has 24 atom stereocenters. The van der Waals surface area contributed by atoms with Crippen LogP contribution in [0.4, 0.5) is 0 Å². The molecule has 3 aromatic heterocycles. The Bertz CT molecular complexity index is 3220. The fraction of sp³-hybridized carbons (Fsp3) is 0.889. The first kappa shape index (κ1) is 80.8. The van der Waals surface area contributed by atoms with Crippen molar-refractivity contribution in [2.45, 2.75) is 288 Å². The molecule has 18 nitrogen and oxygen atoms in total. The number of halogens is 1. The number of aryl methyl sites for hydroxylation is 3. The van der Waals surface area contributed by atoms with E-state index < -0.39 is 16.8 Å². The summed E-state index contributed by atoms with van der Waals surface area (Å²) in [6.07, 6.45) is 35.5. The Hall–Kier alpha value is -3.33. The van der Waals surface area contributed by atoms with Gasteiger partial charge < -0.3 is 29.5 Å². The molecule has 0 spiro atoms. The summed E-state index contributed by atoms with van der Waals surface area (Å²) in [5.74, 6) is 10.0. The molecule has 12 fully saturated rings. The molecule has 0 unspecified atom stereocenters. The summed E-state index contributed by atoms with van der Waals surface area (Å²) < 4.78 is 19.5. The van der Waals surface area contributed by atoms with Gasteiger partial charge in [-0.3, -0.25) is 14.4 Å². The maximum absolute atomic E-state index is 13.4. The van der Waals surface area contributed by atoms with E-state index in [0.29, 0.717) is 101 Å². The number of hydrogen-bond acceptors (Lipinski definition) is 15. The third-order valence-electron chi connectivity index (χ3n) is 31.6. The number of methoxy groups -OCH3 is 3. The van der Waals surface area contributed by atoms with E-state index in [0.717, 1.165) is 148 Å². The lowest BCUT2D eigenvalue weighted by atomic mass is 9.44. The lowest BCUT2D eigenvalue weighted by Crippen LogP contribution is -2.57. The van der Waals surface area contributed by atoms with Crippen LogP contribution in [0.25, 0.3) is 0 Å². The highest BCUT2D eigenvalue weighted by molar-refractivity contribution is 9.09. The molecule has 19 heteroatoms. The van der Waals surface area contributed by atoms with Crippen LogP contribution in [-0.4, -0.2) is 141 Å². The Kier molecular flexibility index (Phi) is 25.2. The highest BCUT2D eigenvalue weighted by atomic mass is 79.9. The van der Waals surface area contributed by atoms with Crippen LogP contribution < -0.4 is 0 Å². The summed E-state index contributed by atoms with van der Waals surface area (Å²) in [5.41, 5.74) is 2.34. The van der Waals surface area contributed by atoms with Crippen molar-refractivity contribution in [1.29, 1.82) is 0 Å². The van der Waals surface area contributed by atoms with Crippen molar-refractivity contribution in [2.75, 3.05) is 46.5 Å². The van der Waals surface area contributed by atoms with Crippen LogP contribution in [0, 0.1) is 142 Å². The highest BCUT2D eigenvalue weighted by Crippen LogP contribution is 2.72. The monoisotopic (exact) mass is 1460 g/mol. The predicted octanol–water partition coefficient (Wildman–Crippen LogP) is 15.4. The molecule has 3 aromatic rings. The summed E-state index contributed by atoms with van der Waals surface area (Å²) >= 11 is 3.43. The number of nitrogens with zero attached hydrogens (tertiary/aromatic N) is 8. The van der Waals surface area contributed by atoms with E-state index in [1.54, 1.807) is 43.1 Å². The summed E-state index contributed by atoms with van der Waals surface area (Å²) in [6.45, 7) is 22.7. The van der Waals surface area contributed by atoms with Gasteiger partial charge in [0.15, 0.2) is 11.6 Å². The molecule has 12 saturated carbocycles. The quantitative estimate of drug-likeness (QED) is 0.110. The number of aromatic amines is 1. The van der Waals surface area contributed by atoms with Gasteiger partial charge in [-0.1, -0.05) is 90.2 Å². The zero-order chi connectivity index (χ0) is 69.3. The molecule has 12 aliphatic carbocycles. The van der Waals surface area contributed by atoms with Crippen LogP contribution in [0.2, 0.25) is 0 Å². The Morgan fingerprint density at radius 3 is 1.17 bits per heavy atom. The van der Waals surface area contributed by atoms with E-state index in [1.807, 2.05) is 27.0 Å². The molecule has 0 aliphatic heterocycles. The van der Waals surface area contributed by atoms with Gasteiger partial charge in [-0.2, -0.15) is 15.4 Å². The number of Topliss-reactive ketones (excluding diaryl/α,β-unsaturated/α-hetero) is 3. The number of ether oxygens (including phenoxy) is 3. The molecule has 100 heavy (non-hydrogen) atoms. The Labute approximate surface area is 610 Å². The standard InChI is InChI=1S/2C26H41N3O3.C23H37BrO3.C3H5N3.3CH4/c1-17-14-29(28-27-17)15-23(30)22-8-7-20-19-6-5-18-13-26(31,16-32-4)12-11-24(18,2)21(19)9-10-25(20,22)3;1-17-14-27-28-29(17)15-23(30)22-8-7-20-19-6-5-18-13-26(31,16-32-4)12-11-24(18,2)21(19)9-10-25(20,22)3;1-21-10-11-23(26,14-27-3)12-15(21)4-5-16-17-6-7-19(20(25)13-24)22(17,2)9-8-18(16)21;1-3-2-4-6-5-3;;;/h2*14,18-22,31H,5-13,15-16H2,1-4H3;15-19,26H,4-14H2,1-3H3;2H,1H3,(H,4,5,6);3*1H4/t2*18-,19-,20-,21-,22+,24-,25-,26+;15-,16-,17-,18-,19+,21-,22-,23+;;;;/m000..../s1. The number of hydrogen-bond donors (Lipinski definition) is 4. The van der Waals surface area contributed by atoms with E-state index in [4.69, 9.17) is 14.2 Å². The number of fused-ring (bicyclic) bond motifs is 15. The molecule has 0 amide bonds. The zero-order valence-electron chi connectivity index (χ0n) is 61.5. The lowest BCUT2D eigenvalue weighted by Gasteiger charge is -2.62. The van der Waals surface area contributed by atoms with Crippen molar-refractivity contribution < 1.29 is 43.9 Å². The van der Waals surface area contributed by atoms with E-state index in [9.17, 15) is 29.7 Å². The molecular formula is C81H136BrN9O9. The number of H-pyrrole nitrogens is 1. The first-order chi connectivity index (χ1) is 46.0. The molecule has 0 saturated heterocycles. The third kappa shape index (κ3) is 14.8. The summed E-state index contributed by atoms with van der Waals surface area (Å²) in [4.78, 5) is 39.3. The predicted molar refractivity (Wildman–Crippen MR) is 396 cm³/mol. The number of rotatable bonds is 14. The number of nitrogens with one attached hydrogen (secondary N) is 1. The maximum atomic E-state index is 13.4. The number of aromatic nitrogens is 9. The normalized spacial score (nSPS) is 43.8. The van der Waals surface area contributed by atoms with Crippen molar-refractivity contribution in [3.05, 3.63) is 35.7 Å². The summed E-state index contributed by atoms with van der Waals surface area (Å²) in [5, 5.41) is 59.5. The highest BCUT2D eigenvalue weighted by Gasteiger charge is 2.66. The second-order valence-electron chi connectivity index (χ2n) is 36.3. The maximum Gasteiger partial charge on any atom is 0.157 e. The van der Waals surface area contributed by atoms with E-state index >= 15 is 0 Å². The Balaban J connectivity index is 0.000000166. The van der Waals surface area contributed by atoms with Gasteiger partial charge in [0.1, 0.15) is 18.9 Å². The SMILES string of the molecule is C.C.C.COC[C@@]1(O)CC[C@@]2(C)[C@@H](CC[C@@H]3[C@@H]2CC[C@]2(C)[C@@H](C(=O)CBr)CC[C@@H]32)C1.COC[C@@]1(O)CC[C@@]2(C)[C@@H](CC[C@@H]3[C@@H]2CC[C@]2(C)[C@@H](C(=O)Cn4cc(C)nn4)CC[C@@H]32)C1.COC[C@@]1(O)CC[C@@]2(C)[C@@H](CC[C@@H]3[C@@H]2CC[C@]2(C)[C@@H](C(=O)Cn4nncc4C)CC[C@@H]32)C1.Cc1cn[nH]n1. The minimum absolute atomic E-state index is 0. The second-order valence-corrected chi connectivity index (χ2v) is 36.9. The van der Waals surface area contributed by atoms with Gasteiger partial charge in [0, 0.05) is 45.3 Å². The van der Waals surface area contributed by atoms with Gasteiger partial charge in [0.2, 0.25) is 0 Å². The molecule has 15 rings (SSSR count). The second kappa shape index (κ2) is 31.2. The van der Waals surface area contributed by atoms with E-state index in [1.165, 1.54) is 83.5 Å². The van der Waals surface area contributed by atoms with Crippen molar-refractivity contribution >= 4 is 33.3 Å². The minimum Gasteiger partial charge on any atom is -0.387 e. The van der Waals surface area contributed by atoms with E-state index in [2.05, 4.69) is 93.5 Å². The molecule has 4 N–H and O–H groups in total. The molecule has 12 aliphatic rings. The van der Waals surface area contributed by atoms with Crippen LogP contribution in [0.3, 0.4) is 0 Å². The molecule has 3 heterocycles. The fourth-order valence-electron chi connectivity index (χ4n) is 26.6. The van der Waals surface area contributed by atoms with Gasteiger partial charge in [-0.05, 0) is 298 Å². The van der Waals surface area contributed by atoms with Gasteiger partial charge >= 0.3 is 0 Å². The summed E-state index contributed by atoms with van der Waals surface area (Å²) in [6, 6.07) is 0. The number of ketones is 3. The number of carbonyl (C=O) groups excluding carboxylic acids is 3. The number of aliphatic hydroxyl groups is 3. The Morgan fingerprint density at radius 1 is 0.480 bits per heavy atom. The van der Waals surface area contributed by atoms with Crippen LogP contribution in [-0.2, 0) is 41.7 Å². The number of alkyl halides is 1. The largest absolute Gasteiger partial charge is 0.387 e. The van der Waals surface area contributed by atoms with E-state index in [-0.39, 0.29) is 56.3 Å². The van der Waals surface area contributed by atoms with Gasteiger partial charge in [0.05, 0.1) is 71.4 Å². The average Bonchev–Trinajstić information content (AvgIpc) is 1.33. The minimum atomic E-state index is -0.640. The molecule has 0 radical (unpaired) electrons. The van der Waals surface area contributed by atoms with Gasteiger partial charge in [-0.15, -0.1) is 10.2 Å². The Morgan fingerprint density at radius 2 is 0.860 bits per heavy atom. The molecule has 566 valence electrons.